The maximum absolute atomic E-state index is 12.3. The van der Waals surface area contributed by atoms with Crippen molar-refractivity contribution >= 4 is 48.5 Å². The first-order chi connectivity index (χ1) is 14.2. The van der Waals surface area contributed by atoms with Gasteiger partial charge >= 0.3 is 5.30 Å². The van der Waals surface area contributed by atoms with E-state index in [1.165, 1.54) is 19.1 Å². The fourth-order valence-corrected chi connectivity index (χ4v) is 10.4. The number of sulfone groups is 2. The molecule has 10 heteroatoms. The van der Waals surface area contributed by atoms with Crippen LogP contribution in [-0.2, 0) is 31.0 Å². The highest BCUT2D eigenvalue weighted by Gasteiger charge is 2.52. The third-order valence-corrected chi connectivity index (χ3v) is 11.6. The number of rotatable bonds is 10. The van der Waals surface area contributed by atoms with Crippen LogP contribution in [0, 0.1) is 11.8 Å². The van der Waals surface area contributed by atoms with Crippen LogP contribution in [0.4, 0.5) is 4.79 Å². The molecule has 0 spiro atoms. The van der Waals surface area contributed by atoms with Gasteiger partial charge in [0.15, 0.2) is 0 Å². The molecule has 168 valence electrons. The van der Waals surface area contributed by atoms with E-state index in [1.54, 1.807) is 47.8 Å². The van der Waals surface area contributed by atoms with Crippen molar-refractivity contribution in [1.29, 1.82) is 0 Å². The van der Waals surface area contributed by atoms with E-state index in [-0.39, 0.29) is 18.1 Å². The van der Waals surface area contributed by atoms with Gasteiger partial charge < -0.3 is 4.74 Å². The Hall–Kier alpha value is -0.710. The Balaban J connectivity index is 1.45. The minimum Gasteiger partial charge on any atom is -0.449 e. The molecule has 0 bridgehead atoms. The van der Waals surface area contributed by atoms with Crippen LogP contribution < -0.4 is 0 Å². The third-order valence-electron chi connectivity index (χ3n) is 5.67. The Kier molecular flexibility index (Phi) is 8.20. The summed E-state index contributed by atoms with van der Waals surface area (Å²) in [5.74, 6) is 2.05. The molecule has 0 saturated heterocycles. The number of ether oxygens (including phenoxy) is 1. The maximum atomic E-state index is 12.3. The Morgan fingerprint density at radius 3 is 2.10 bits per heavy atom. The van der Waals surface area contributed by atoms with Gasteiger partial charge in [0.1, 0.15) is 16.4 Å². The maximum Gasteiger partial charge on any atom is 0.425 e. The van der Waals surface area contributed by atoms with E-state index in [0.717, 1.165) is 12.0 Å². The molecule has 2 aliphatic carbocycles. The molecule has 0 heterocycles. The number of hydrogen-bond acceptors (Lipinski definition) is 8. The third kappa shape index (κ3) is 6.40. The summed E-state index contributed by atoms with van der Waals surface area (Å²) >= 11 is 3.31. The second kappa shape index (κ2) is 10.3. The number of carbonyl (C=O) groups excluding carboxylic acids is 1. The average Bonchev–Trinajstić information content (AvgIpc) is 3.11. The molecule has 1 aromatic carbocycles. The van der Waals surface area contributed by atoms with Gasteiger partial charge in [0.25, 0.3) is 9.84 Å². The lowest BCUT2D eigenvalue weighted by Crippen LogP contribution is -2.49. The van der Waals surface area contributed by atoms with Crippen LogP contribution in [0.1, 0.15) is 24.8 Å². The molecule has 0 radical (unpaired) electrons. The van der Waals surface area contributed by atoms with Crippen LogP contribution in [0.25, 0.3) is 0 Å². The van der Waals surface area contributed by atoms with Gasteiger partial charge in [0, 0.05) is 28.3 Å². The Morgan fingerprint density at radius 2 is 1.53 bits per heavy atom. The zero-order valence-electron chi connectivity index (χ0n) is 16.9. The predicted molar refractivity (Wildman–Crippen MR) is 123 cm³/mol. The predicted octanol–water partition coefficient (Wildman–Crippen LogP) is 3.42. The van der Waals surface area contributed by atoms with Crippen LogP contribution in [0.5, 0.6) is 0 Å². The molecule has 0 aliphatic heterocycles. The van der Waals surface area contributed by atoms with E-state index in [1.807, 2.05) is 6.07 Å². The Bertz CT molecular complexity index is 929. The summed E-state index contributed by atoms with van der Waals surface area (Å²) in [6.07, 6.45) is 4.75. The van der Waals surface area contributed by atoms with Gasteiger partial charge in [0.2, 0.25) is 0 Å². The highest BCUT2D eigenvalue weighted by atomic mass is 32.2. The average molecular weight is 493 g/mol. The largest absolute Gasteiger partial charge is 0.449 e. The summed E-state index contributed by atoms with van der Waals surface area (Å²) in [5.41, 5.74) is 0.742. The zero-order chi connectivity index (χ0) is 21.8. The molecule has 4 atom stereocenters. The Morgan fingerprint density at radius 1 is 0.967 bits per heavy atom. The van der Waals surface area contributed by atoms with Crippen LogP contribution in [0.3, 0.4) is 0 Å². The van der Waals surface area contributed by atoms with Gasteiger partial charge in [-0.25, -0.2) is 21.6 Å². The summed E-state index contributed by atoms with van der Waals surface area (Å²) < 4.78 is 52.3. The van der Waals surface area contributed by atoms with E-state index in [9.17, 15) is 21.6 Å². The first-order valence-electron chi connectivity index (χ1n) is 10.0. The molecule has 6 nitrogen and oxygen atoms in total. The number of benzene rings is 1. The number of thioether (sulfide) groups is 2. The van der Waals surface area contributed by atoms with Crippen molar-refractivity contribution in [2.24, 2.45) is 11.8 Å². The second-order valence-electron chi connectivity index (χ2n) is 7.90. The van der Waals surface area contributed by atoms with E-state index in [4.69, 9.17) is 4.74 Å². The molecule has 0 amide bonds. The van der Waals surface area contributed by atoms with Crippen molar-refractivity contribution in [3.8, 4) is 0 Å². The quantitative estimate of drug-likeness (QED) is 0.459. The van der Waals surface area contributed by atoms with Crippen LogP contribution >= 0.6 is 23.5 Å². The van der Waals surface area contributed by atoms with E-state index >= 15 is 0 Å². The topological polar surface area (TPSA) is 94.6 Å². The van der Waals surface area contributed by atoms with E-state index in [0.29, 0.717) is 33.8 Å². The molecule has 2 saturated carbocycles. The molecule has 30 heavy (non-hydrogen) atoms. The number of hydrogen-bond donors (Lipinski definition) is 0. The zero-order valence-corrected chi connectivity index (χ0v) is 20.2. The lowest BCUT2D eigenvalue weighted by atomic mass is 9.75. The van der Waals surface area contributed by atoms with Crippen LogP contribution in [-0.4, -0.2) is 61.9 Å². The van der Waals surface area contributed by atoms with Crippen LogP contribution in [0.2, 0.25) is 0 Å². The van der Waals surface area contributed by atoms with Crippen molar-refractivity contribution in [1.82, 2.24) is 0 Å². The lowest BCUT2D eigenvalue weighted by Gasteiger charge is -2.48. The molecule has 0 N–H and O–H groups in total. The smallest absolute Gasteiger partial charge is 0.425 e. The van der Waals surface area contributed by atoms with Crippen LogP contribution in [0.15, 0.2) is 30.3 Å². The van der Waals surface area contributed by atoms with Gasteiger partial charge in [0.05, 0.1) is 11.5 Å². The van der Waals surface area contributed by atoms with E-state index in [2.05, 4.69) is 0 Å². The Labute approximate surface area is 187 Å². The van der Waals surface area contributed by atoms with Gasteiger partial charge in [-0.1, -0.05) is 36.8 Å². The molecule has 4 unspecified atom stereocenters. The minimum absolute atomic E-state index is 0.0581. The fourth-order valence-electron chi connectivity index (χ4n) is 4.13. The second-order valence-corrected chi connectivity index (χ2v) is 14.7. The van der Waals surface area contributed by atoms with Gasteiger partial charge in [-0.2, -0.15) is 23.5 Å². The highest BCUT2D eigenvalue weighted by Crippen LogP contribution is 2.56. The van der Waals surface area contributed by atoms with Crippen molar-refractivity contribution in [2.45, 2.75) is 36.4 Å². The highest BCUT2D eigenvalue weighted by molar-refractivity contribution is 8.08. The summed E-state index contributed by atoms with van der Waals surface area (Å²) in [6.45, 7) is -0.0581. The summed E-state index contributed by atoms with van der Waals surface area (Å²) in [7, 11) is -6.93. The molecule has 2 aliphatic rings. The molecule has 2 fully saturated rings. The lowest BCUT2D eigenvalue weighted by molar-refractivity contribution is 0.166. The molecule has 3 rings (SSSR count). The first kappa shape index (κ1) is 23.9. The van der Waals surface area contributed by atoms with Crippen molar-refractivity contribution in [3.63, 3.8) is 0 Å². The number of carbonyl (C=O) groups is 1. The summed E-state index contributed by atoms with van der Waals surface area (Å²) in [4.78, 5) is 12.0. The molecular weight excluding hydrogens is 464 g/mol. The number of fused-ring (bicyclic) bond motifs is 1. The van der Waals surface area contributed by atoms with Crippen molar-refractivity contribution in [3.05, 3.63) is 35.9 Å². The molecule has 1 aromatic rings. The fraction of sp³-hybridized carbons (Fsp3) is 0.650. The van der Waals surface area contributed by atoms with Gasteiger partial charge in [-0.15, -0.1) is 0 Å². The summed E-state index contributed by atoms with van der Waals surface area (Å²) in [5, 5.41) is -0.465. The molecular formula is C20H28O6S4. The minimum atomic E-state index is -3.95. The SMILES string of the molecule is CS(=O)(=O)CCSC1C2CCCC2C1SCCS(=O)(=O)C(=O)OCc1ccccc1. The molecule has 0 aromatic heterocycles. The monoisotopic (exact) mass is 492 g/mol. The van der Waals surface area contributed by atoms with E-state index < -0.39 is 25.0 Å². The summed E-state index contributed by atoms with van der Waals surface area (Å²) in [6, 6.07) is 8.97. The normalized spacial score (nSPS) is 26.0. The van der Waals surface area contributed by atoms with Gasteiger partial charge in [-0.05, 0) is 30.2 Å². The van der Waals surface area contributed by atoms with Crippen molar-refractivity contribution in [2.75, 3.05) is 29.3 Å². The van der Waals surface area contributed by atoms with Gasteiger partial charge in [-0.3, -0.25) is 0 Å². The standard InChI is InChI=1S/C20H28O6S4/c1-29(22,23)12-10-27-18-16-8-5-9-17(16)19(18)28-11-13-30(24,25)20(21)26-14-15-6-3-2-4-7-15/h2-4,6-7,16-19H,5,8-14H2,1H3. The van der Waals surface area contributed by atoms with Crippen molar-refractivity contribution < 1.29 is 26.4 Å². The first-order valence-corrected chi connectivity index (χ1v) is 15.8.